The van der Waals surface area contributed by atoms with Gasteiger partial charge in [0.25, 0.3) is 0 Å². The van der Waals surface area contributed by atoms with E-state index >= 15 is 0 Å². The minimum atomic E-state index is -0.148. The SMILES string of the molecule is CCC(=O)c1cc[c-]c(N(C(C)=O)c2[c-]cccc2)c1.[W+2]. The fourth-order valence-corrected chi connectivity index (χ4v) is 1.95. The average Bonchev–Trinajstić information content (AvgIpc) is 2.47. The van der Waals surface area contributed by atoms with Gasteiger partial charge in [0, 0.05) is 13.3 Å². The molecule has 0 bridgehead atoms. The number of carbonyl (C=O) groups is 2. The van der Waals surface area contributed by atoms with E-state index in [1.807, 2.05) is 19.1 Å². The van der Waals surface area contributed by atoms with Crippen molar-refractivity contribution in [1.82, 2.24) is 0 Å². The molecule has 21 heavy (non-hydrogen) atoms. The van der Waals surface area contributed by atoms with Gasteiger partial charge in [-0.25, -0.2) is 0 Å². The number of amides is 1. The predicted molar refractivity (Wildman–Crippen MR) is 78.0 cm³/mol. The molecule has 0 aliphatic carbocycles. The fraction of sp³-hybridized carbons (Fsp3) is 0.176. The van der Waals surface area contributed by atoms with Gasteiger partial charge < -0.3 is 4.90 Å². The maximum absolute atomic E-state index is 11.9. The molecule has 0 unspecified atom stereocenters. The van der Waals surface area contributed by atoms with Crippen LogP contribution >= 0.6 is 0 Å². The summed E-state index contributed by atoms with van der Waals surface area (Å²) in [7, 11) is 0. The Morgan fingerprint density at radius 2 is 1.81 bits per heavy atom. The minimum Gasteiger partial charge on any atom is -0.330 e. The molecule has 0 aromatic heterocycles. The number of Topliss-reactive ketones (excluding diaryl/α,β-unsaturated/α-hetero) is 1. The molecule has 106 valence electrons. The summed E-state index contributed by atoms with van der Waals surface area (Å²) in [6.45, 7) is 3.29. The van der Waals surface area contributed by atoms with Crippen LogP contribution in [0.2, 0.25) is 0 Å². The van der Waals surface area contributed by atoms with E-state index in [1.54, 1.807) is 30.3 Å². The van der Waals surface area contributed by atoms with Crippen LogP contribution in [0.5, 0.6) is 0 Å². The Morgan fingerprint density at radius 3 is 2.38 bits per heavy atom. The van der Waals surface area contributed by atoms with Crippen molar-refractivity contribution < 1.29 is 30.7 Å². The fourth-order valence-electron chi connectivity index (χ4n) is 1.95. The van der Waals surface area contributed by atoms with Gasteiger partial charge in [-0.15, -0.1) is 12.1 Å². The zero-order valence-corrected chi connectivity index (χ0v) is 14.9. The summed E-state index contributed by atoms with van der Waals surface area (Å²) in [5.41, 5.74) is 1.78. The Balaban J connectivity index is 0.00000220. The van der Waals surface area contributed by atoms with Crippen LogP contribution in [0, 0.1) is 12.1 Å². The first-order valence-corrected chi connectivity index (χ1v) is 6.46. The van der Waals surface area contributed by atoms with Crippen LogP contribution in [0.3, 0.4) is 0 Å². The maximum atomic E-state index is 11.9. The first kappa shape index (κ1) is 17.3. The molecule has 2 aromatic rings. The topological polar surface area (TPSA) is 37.4 Å². The van der Waals surface area contributed by atoms with Crippen LogP contribution in [0.25, 0.3) is 0 Å². The zero-order chi connectivity index (χ0) is 14.5. The van der Waals surface area contributed by atoms with Crippen molar-refractivity contribution in [2.24, 2.45) is 0 Å². The number of hydrogen-bond donors (Lipinski definition) is 0. The minimum absolute atomic E-state index is 0. The van der Waals surface area contributed by atoms with Crippen molar-refractivity contribution in [1.29, 1.82) is 0 Å². The van der Waals surface area contributed by atoms with Crippen LogP contribution in [0.1, 0.15) is 30.6 Å². The van der Waals surface area contributed by atoms with Crippen LogP contribution in [0.15, 0.2) is 42.5 Å². The molecule has 0 aliphatic rings. The Bertz CT molecular complexity index is 626. The van der Waals surface area contributed by atoms with Crippen molar-refractivity contribution in [2.45, 2.75) is 20.3 Å². The molecular weight excluding hydrogens is 434 g/mol. The van der Waals surface area contributed by atoms with E-state index in [0.29, 0.717) is 23.4 Å². The smallest absolute Gasteiger partial charge is 0.330 e. The number of para-hydroxylation sites is 1. The molecule has 2 rings (SSSR count). The number of carbonyl (C=O) groups excluding carboxylic acids is 2. The number of rotatable bonds is 4. The maximum Gasteiger partial charge on any atom is 2.00 e. The summed E-state index contributed by atoms with van der Waals surface area (Å²) in [6, 6.07) is 18.3. The molecule has 3 nitrogen and oxygen atoms in total. The van der Waals surface area contributed by atoms with Gasteiger partial charge in [-0.3, -0.25) is 9.59 Å². The molecule has 0 radical (unpaired) electrons. The monoisotopic (exact) mass is 449 g/mol. The molecule has 0 saturated carbocycles. The van der Waals surface area contributed by atoms with E-state index in [-0.39, 0.29) is 32.8 Å². The normalized spacial score (nSPS) is 9.62. The van der Waals surface area contributed by atoms with Crippen LogP contribution in [0.4, 0.5) is 11.4 Å². The Labute approximate surface area is 139 Å². The summed E-state index contributed by atoms with van der Waals surface area (Å²) < 4.78 is 0. The number of anilines is 2. The second-order valence-electron chi connectivity index (χ2n) is 4.34. The molecule has 0 spiro atoms. The third-order valence-corrected chi connectivity index (χ3v) is 2.92. The molecule has 0 heterocycles. The van der Waals surface area contributed by atoms with Crippen molar-refractivity contribution >= 4 is 23.1 Å². The van der Waals surface area contributed by atoms with E-state index in [1.165, 1.54) is 11.8 Å². The summed E-state index contributed by atoms with van der Waals surface area (Å²) in [6.07, 6.45) is 0.432. The van der Waals surface area contributed by atoms with Crippen molar-refractivity contribution in [3.63, 3.8) is 0 Å². The third kappa shape index (κ3) is 4.12. The number of benzene rings is 2. The van der Waals surface area contributed by atoms with Crippen molar-refractivity contribution in [3.8, 4) is 0 Å². The molecule has 0 aliphatic heterocycles. The number of nitrogens with zero attached hydrogens (tertiary/aromatic N) is 1. The van der Waals surface area contributed by atoms with Gasteiger partial charge in [0.15, 0.2) is 0 Å². The van der Waals surface area contributed by atoms with Gasteiger partial charge in [0.1, 0.15) is 5.78 Å². The van der Waals surface area contributed by atoms with E-state index in [9.17, 15) is 9.59 Å². The van der Waals surface area contributed by atoms with Crippen molar-refractivity contribution in [3.05, 3.63) is 60.2 Å². The molecule has 4 heteroatoms. The Morgan fingerprint density at radius 1 is 1.10 bits per heavy atom. The molecule has 2 aromatic carbocycles. The van der Waals surface area contributed by atoms with Gasteiger partial charge in [0.2, 0.25) is 5.91 Å². The van der Waals surface area contributed by atoms with E-state index < -0.39 is 0 Å². The third-order valence-electron chi connectivity index (χ3n) is 2.92. The van der Waals surface area contributed by atoms with Crippen molar-refractivity contribution in [2.75, 3.05) is 4.90 Å². The average molecular weight is 449 g/mol. The summed E-state index contributed by atoms with van der Waals surface area (Å²) >= 11 is 0. The first-order valence-electron chi connectivity index (χ1n) is 6.46. The van der Waals surface area contributed by atoms with Gasteiger partial charge >= 0.3 is 21.1 Å². The first-order chi connectivity index (χ1) is 9.63. The van der Waals surface area contributed by atoms with Gasteiger partial charge in [0.05, 0.1) is 0 Å². The van der Waals surface area contributed by atoms with Gasteiger partial charge in [-0.05, 0) is 0 Å². The second kappa shape index (κ2) is 7.89. The summed E-state index contributed by atoms with van der Waals surface area (Å²) in [5, 5.41) is 0. The quantitative estimate of drug-likeness (QED) is 0.529. The standard InChI is InChI=1S/C17H15NO2.W/c1-3-17(20)14-8-7-11-16(12-14)18(13(2)19)15-9-5-4-6-10-15;/h4-9,12H,3H2,1-2H3;/q-2;+2. The molecule has 1 amide bonds. The van der Waals surface area contributed by atoms with Gasteiger partial charge in [-0.1, -0.05) is 23.9 Å². The Hall–Kier alpha value is -1.73. The Kier molecular flexibility index (Phi) is 6.51. The zero-order valence-electron chi connectivity index (χ0n) is 11.9. The molecule has 0 N–H and O–H groups in total. The summed E-state index contributed by atoms with van der Waals surface area (Å²) in [4.78, 5) is 25.2. The molecule has 0 saturated heterocycles. The van der Waals surface area contributed by atoms with E-state index in [2.05, 4.69) is 12.1 Å². The van der Waals surface area contributed by atoms with E-state index in [0.717, 1.165) is 0 Å². The second-order valence-corrected chi connectivity index (χ2v) is 4.34. The van der Waals surface area contributed by atoms with Crippen LogP contribution in [-0.2, 0) is 25.9 Å². The molecule has 0 fully saturated rings. The van der Waals surface area contributed by atoms with Gasteiger partial charge in [-0.2, -0.15) is 42.5 Å². The number of hydrogen-bond acceptors (Lipinski definition) is 2. The largest absolute Gasteiger partial charge is 2.00 e. The van der Waals surface area contributed by atoms with Crippen LogP contribution in [-0.4, -0.2) is 11.7 Å². The summed E-state index contributed by atoms with van der Waals surface area (Å²) in [5.74, 6) is -0.106. The predicted octanol–water partition coefficient (Wildman–Crippen LogP) is 3.56. The molecule has 0 atom stereocenters. The molecular formula is C17H15NO2W. The number of ketones is 1. The van der Waals surface area contributed by atoms with E-state index in [4.69, 9.17) is 0 Å². The van der Waals surface area contributed by atoms with Crippen LogP contribution < -0.4 is 4.90 Å².